The minimum Gasteiger partial charge on any atom is -0.503 e. The van der Waals surface area contributed by atoms with Crippen molar-refractivity contribution in [3.8, 4) is 17.1 Å². The number of benzene rings is 1. The van der Waals surface area contributed by atoms with Crippen molar-refractivity contribution in [3.63, 3.8) is 0 Å². The zero-order chi connectivity index (χ0) is 19.7. The van der Waals surface area contributed by atoms with E-state index in [4.69, 9.17) is 4.42 Å². The maximum absolute atomic E-state index is 12.0. The lowest BCUT2D eigenvalue weighted by molar-refractivity contribution is 0.350. The van der Waals surface area contributed by atoms with Crippen molar-refractivity contribution in [1.29, 1.82) is 0 Å². The number of aromatic hydroxyl groups is 1. The molecular formula is C22H19N3O3. The van der Waals surface area contributed by atoms with E-state index in [0.29, 0.717) is 17.9 Å². The molecule has 0 spiro atoms. The van der Waals surface area contributed by atoms with Gasteiger partial charge >= 0.3 is 0 Å². The number of rotatable bonds is 5. The van der Waals surface area contributed by atoms with E-state index < -0.39 is 5.43 Å². The average Bonchev–Trinajstić information content (AvgIpc) is 3.19. The maximum atomic E-state index is 12.0. The third-order valence-corrected chi connectivity index (χ3v) is 5.01. The Morgan fingerprint density at radius 2 is 2.11 bits per heavy atom. The Balaban J connectivity index is 1.98. The first kappa shape index (κ1) is 17.7. The molecule has 0 saturated heterocycles. The van der Waals surface area contributed by atoms with Gasteiger partial charge in [0.1, 0.15) is 17.1 Å². The summed E-state index contributed by atoms with van der Waals surface area (Å²) in [7, 11) is 0. The van der Waals surface area contributed by atoms with Crippen molar-refractivity contribution in [2.45, 2.75) is 18.4 Å². The highest BCUT2D eigenvalue weighted by atomic mass is 16.3. The largest absolute Gasteiger partial charge is 0.503 e. The SMILES string of the molecule is C=C/C=C(\C=C)C(c1ccccc1)C1Cc2ocnc2-c2c(O)c(=O)cnn21. The van der Waals surface area contributed by atoms with E-state index in [9.17, 15) is 9.90 Å². The Morgan fingerprint density at radius 1 is 1.32 bits per heavy atom. The summed E-state index contributed by atoms with van der Waals surface area (Å²) >= 11 is 0. The van der Waals surface area contributed by atoms with E-state index in [0.717, 1.165) is 17.3 Å². The van der Waals surface area contributed by atoms with Crippen molar-refractivity contribution in [1.82, 2.24) is 14.8 Å². The molecular weight excluding hydrogens is 354 g/mol. The molecule has 1 aromatic carbocycles. The molecule has 1 N–H and O–H groups in total. The number of hydrogen-bond donors (Lipinski definition) is 1. The van der Waals surface area contributed by atoms with E-state index in [1.54, 1.807) is 16.8 Å². The van der Waals surface area contributed by atoms with Crippen LogP contribution in [0.3, 0.4) is 0 Å². The van der Waals surface area contributed by atoms with Gasteiger partial charge in [-0.25, -0.2) is 4.98 Å². The second-order valence-corrected chi connectivity index (χ2v) is 6.54. The summed E-state index contributed by atoms with van der Waals surface area (Å²) in [6.45, 7) is 7.77. The van der Waals surface area contributed by atoms with E-state index in [1.165, 1.54) is 6.39 Å². The average molecular weight is 373 g/mol. The number of fused-ring (bicyclic) bond motifs is 3. The molecule has 1 aliphatic heterocycles. The fraction of sp³-hybridized carbons (Fsp3) is 0.136. The Labute approximate surface area is 161 Å². The predicted molar refractivity (Wildman–Crippen MR) is 106 cm³/mol. The quantitative estimate of drug-likeness (QED) is 0.688. The molecule has 6 heteroatoms. The summed E-state index contributed by atoms with van der Waals surface area (Å²) in [6.07, 6.45) is 8.36. The number of aromatic nitrogens is 3. The number of oxazole rings is 1. The van der Waals surface area contributed by atoms with Gasteiger partial charge in [0.15, 0.2) is 12.1 Å². The lowest BCUT2D eigenvalue weighted by Gasteiger charge is -2.33. The normalized spacial score (nSPS) is 16.7. The van der Waals surface area contributed by atoms with Gasteiger partial charge in [-0.15, -0.1) is 0 Å². The zero-order valence-corrected chi connectivity index (χ0v) is 15.2. The molecule has 0 saturated carbocycles. The molecule has 3 aromatic rings. The molecule has 1 aliphatic rings. The van der Waals surface area contributed by atoms with Gasteiger partial charge in [-0.3, -0.25) is 9.48 Å². The minimum absolute atomic E-state index is 0.150. The minimum atomic E-state index is -0.553. The Hall–Kier alpha value is -3.67. The fourth-order valence-electron chi connectivity index (χ4n) is 3.81. The lowest BCUT2D eigenvalue weighted by atomic mass is 9.81. The third kappa shape index (κ3) is 2.79. The summed E-state index contributed by atoms with van der Waals surface area (Å²) in [4.78, 5) is 16.2. The molecule has 0 aliphatic carbocycles. The summed E-state index contributed by atoms with van der Waals surface area (Å²) < 4.78 is 7.23. The van der Waals surface area contributed by atoms with Gasteiger partial charge in [0.2, 0.25) is 5.43 Å². The molecule has 0 bridgehead atoms. The van der Waals surface area contributed by atoms with Gasteiger partial charge < -0.3 is 9.52 Å². The molecule has 28 heavy (non-hydrogen) atoms. The summed E-state index contributed by atoms with van der Waals surface area (Å²) in [5.41, 5.74) is 2.16. The standard InChI is InChI=1S/C22H19N3O3/c1-3-8-14(4-2)19(15-9-6-5-7-10-15)16-11-18-20(23-13-28-18)21-22(27)17(26)12-24-25(16)21/h3-10,12-13,16,19,27H,1-2,11H2/b14-8+. The molecule has 3 heterocycles. The van der Waals surface area contributed by atoms with Crippen LogP contribution in [0.5, 0.6) is 5.75 Å². The first-order chi connectivity index (χ1) is 13.7. The molecule has 2 aromatic heterocycles. The Bertz CT molecular complexity index is 1130. The summed E-state index contributed by atoms with van der Waals surface area (Å²) in [6, 6.07) is 9.70. The zero-order valence-electron chi connectivity index (χ0n) is 15.2. The monoisotopic (exact) mass is 373 g/mol. The van der Waals surface area contributed by atoms with Gasteiger partial charge in [0, 0.05) is 12.3 Å². The maximum Gasteiger partial charge on any atom is 0.242 e. The second kappa shape index (κ2) is 7.15. The van der Waals surface area contributed by atoms with Crippen molar-refractivity contribution in [3.05, 3.63) is 101 Å². The fourth-order valence-corrected chi connectivity index (χ4v) is 3.81. The molecule has 140 valence electrons. The van der Waals surface area contributed by atoms with Gasteiger partial charge in [0.05, 0.1) is 12.2 Å². The van der Waals surface area contributed by atoms with Gasteiger partial charge in [-0.05, 0) is 11.1 Å². The molecule has 0 fully saturated rings. The second-order valence-electron chi connectivity index (χ2n) is 6.54. The molecule has 2 atom stereocenters. The third-order valence-electron chi connectivity index (χ3n) is 5.01. The van der Waals surface area contributed by atoms with E-state index in [-0.39, 0.29) is 23.4 Å². The summed E-state index contributed by atoms with van der Waals surface area (Å²) in [5.74, 6) is 0.0771. The topological polar surface area (TPSA) is 81.2 Å². The molecule has 0 radical (unpaired) electrons. The number of allylic oxidation sites excluding steroid dienone is 4. The highest BCUT2D eigenvalue weighted by molar-refractivity contribution is 5.65. The van der Waals surface area contributed by atoms with Gasteiger partial charge in [-0.1, -0.05) is 61.7 Å². The van der Waals surface area contributed by atoms with Crippen LogP contribution >= 0.6 is 0 Å². The van der Waals surface area contributed by atoms with Crippen molar-refractivity contribution in [2.24, 2.45) is 0 Å². The number of hydrogen-bond acceptors (Lipinski definition) is 5. The van der Waals surface area contributed by atoms with Crippen LogP contribution in [0.15, 0.2) is 89.1 Å². The van der Waals surface area contributed by atoms with Crippen LogP contribution in [-0.4, -0.2) is 19.9 Å². The molecule has 6 nitrogen and oxygen atoms in total. The van der Waals surface area contributed by atoms with Crippen molar-refractivity contribution in [2.75, 3.05) is 0 Å². The van der Waals surface area contributed by atoms with Crippen molar-refractivity contribution < 1.29 is 9.52 Å². The Kier molecular flexibility index (Phi) is 4.53. The van der Waals surface area contributed by atoms with Crippen LogP contribution < -0.4 is 5.43 Å². The van der Waals surface area contributed by atoms with Crippen molar-refractivity contribution >= 4 is 0 Å². The Morgan fingerprint density at radius 3 is 2.82 bits per heavy atom. The first-order valence-electron chi connectivity index (χ1n) is 8.89. The summed E-state index contributed by atoms with van der Waals surface area (Å²) in [5, 5.41) is 14.8. The van der Waals surface area contributed by atoms with Crippen LogP contribution in [0.1, 0.15) is 23.3 Å². The smallest absolute Gasteiger partial charge is 0.242 e. The van der Waals surface area contributed by atoms with Gasteiger partial charge in [0.25, 0.3) is 0 Å². The highest BCUT2D eigenvalue weighted by Gasteiger charge is 2.37. The lowest BCUT2D eigenvalue weighted by Crippen LogP contribution is -2.29. The van der Waals surface area contributed by atoms with E-state index in [2.05, 4.69) is 23.2 Å². The van der Waals surface area contributed by atoms with E-state index >= 15 is 0 Å². The van der Waals surface area contributed by atoms with E-state index in [1.807, 2.05) is 36.4 Å². The molecule has 2 unspecified atom stereocenters. The van der Waals surface area contributed by atoms with Crippen LogP contribution in [0, 0.1) is 0 Å². The van der Waals surface area contributed by atoms with Gasteiger partial charge in [-0.2, -0.15) is 5.10 Å². The molecule has 0 amide bonds. The van der Waals surface area contributed by atoms with Crippen LogP contribution in [0.2, 0.25) is 0 Å². The van der Waals surface area contributed by atoms with Crippen LogP contribution in [0.25, 0.3) is 11.4 Å². The molecule has 4 rings (SSSR count). The highest BCUT2D eigenvalue weighted by Crippen LogP contribution is 2.44. The predicted octanol–water partition coefficient (Wildman–Crippen LogP) is 3.78. The van der Waals surface area contributed by atoms with Crippen LogP contribution in [-0.2, 0) is 6.42 Å². The van der Waals surface area contributed by atoms with Crippen LogP contribution in [0.4, 0.5) is 0 Å². The number of nitrogens with zero attached hydrogens (tertiary/aromatic N) is 3. The first-order valence-corrected chi connectivity index (χ1v) is 8.89.